The molecule has 1 fully saturated rings. The van der Waals surface area contributed by atoms with E-state index in [4.69, 9.17) is 10.5 Å². The van der Waals surface area contributed by atoms with E-state index in [0.29, 0.717) is 23.5 Å². The Labute approximate surface area is 134 Å². The van der Waals surface area contributed by atoms with Gasteiger partial charge in [-0.05, 0) is 60.9 Å². The Morgan fingerprint density at radius 3 is 2.43 bits per heavy atom. The van der Waals surface area contributed by atoms with E-state index >= 15 is 0 Å². The number of aryl methyl sites for hydroxylation is 1. The van der Waals surface area contributed by atoms with Crippen LogP contribution in [0, 0.1) is 5.92 Å². The van der Waals surface area contributed by atoms with Crippen LogP contribution in [-0.4, -0.2) is 13.2 Å². The maximum absolute atomic E-state index is 12.5. The Bertz CT molecular complexity index is 550. The molecule has 1 atom stereocenters. The Kier molecular flexibility index (Phi) is 6.81. The molecular weight excluding hydrogens is 307 g/mol. The van der Waals surface area contributed by atoms with Gasteiger partial charge in [0.05, 0.1) is 0 Å². The van der Waals surface area contributed by atoms with Gasteiger partial charge in [-0.3, -0.25) is 0 Å². The lowest BCUT2D eigenvalue weighted by molar-refractivity contribution is -0.274. The number of benzene rings is 1. The molecule has 6 heteroatoms. The van der Waals surface area contributed by atoms with Crippen LogP contribution in [0.2, 0.25) is 0 Å². The molecule has 0 amide bonds. The van der Waals surface area contributed by atoms with Crippen LogP contribution >= 0.6 is 0 Å². The first-order valence-electron chi connectivity index (χ1n) is 7.45. The molecule has 1 aliphatic rings. The summed E-state index contributed by atoms with van der Waals surface area (Å²) < 4.78 is 41.6. The van der Waals surface area contributed by atoms with Crippen LogP contribution in [0.1, 0.15) is 49.4 Å². The summed E-state index contributed by atoms with van der Waals surface area (Å²) in [6, 6.07) is 2.81. The Hall–Kier alpha value is -1.82. The molecule has 0 spiro atoms. The van der Waals surface area contributed by atoms with Crippen molar-refractivity contribution in [1.82, 2.24) is 0 Å². The van der Waals surface area contributed by atoms with Crippen LogP contribution < -0.4 is 10.5 Å². The summed E-state index contributed by atoms with van der Waals surface area (Å²) in [6.07, 6.45) is 2.21. The monoisotopic (exact) mass is 329 g/mol. The van der Waals surface area contributed by atoms with Crippen LogP contribution in [0.25, 0.3) is 6.08 Å². The molecule has 2 N–H and O–H groups in total. The lowest BCUT2D eigenvalue weighted by atomic mass is 9.96. The maximum Gasteiger partial charge on any atom is 0.573 e. The molecule has 0 saturated heterocycles. The Morgan fingerprint density at radius 1 is 1.39 bits per heavy atom. The van der Waals surface area contributed by atoms with E-state index in [1.807, 2.05) is 12.9 Å². The second-order valence-corrected chi connectivity index (χ2v) is 5.48. The van der Waals surface area contributed by atoms with E-state index in [2.05, 4.69) is 10.8 Å². The van der Waals surface area contributed by atoms with Gasteiger partial charge in [0.1, 0.15) is 12.5 Å². The standard InChI is InChI=1S/C16H20F3NO.CH2O/c1-3-12-8-13(7-6-11-4-5-11)14(10(2)20)9-15(12)21-16(17,18)19;1-2/h6-11H,3-5,20H2,1-2H3;1H2/b7-6+;/t10-;/m0./s1. The number of allylic oxidation sites excluding steroid dienone is 1. The molecule has 128 valence electrons. The van der Waals surface area contributed by atoms with Gasteiger partial charge in [-0.15, -0.1) is 13.2 Å². The molecule has 23 heavy (non-hydrogen) atoms. The normalized spacial score (nSPS) is 15.9. The number of carbonyl (C=O) groups is 1. The number of hydrogen-bond donors (Lipinski definition) is 1. The molecule has 1 aromatic carbocycles. The number of nitrogens with two attached hydrogens (primary N) is 1. The summed E-state index contributed by atoms with van der Waals surface area (Å²) in [5, 5.41) is 0. The first-order valence-corrected chi connectivity index (χ1v) is 7.45. The van der Waals surface area contributed by atoms with Gasteiger partial charge < -0.3 is 15.3 Å². The van der Waals surface area contributed by atoms with Gasteiger partial charge in [-0.25, -0.2) is 0 Å². The summed E-state index contributed by atoms with van der Waals surface area (Å²) in [7, 11) is 0. The van der Waals surface area contributed by atoms with Gasteiger partial charge in [-0.2, -0.15) is 0 Å². The molecule has 3 nitrogen and oxygen atoms in total. The molecule has 0 aliphatic heterocycles. The first-order chi connectivity index (χ1) is 10.8. The Morgan fingerprint density at radius 2 is 2.00 bits per heavy atom. The number of alkyl halides is 3. The van der Waals surface area contributed by atoms with E-state index in [0.717, 1.165) is 5.56 Å². The number of hydrogen-bond acceptors (Lipinski definition) is 3. The first kappa shape index (κ1) is 19.2. The third-order valence-electron chi connectivity index (χ3n) is 3.53. The number of ether oxygens (including phenoxy) is 1. The number of rotatable bonds is 5. The van der Waals surface area contributed by atoms with E-state index in [-0.39, 0.29) is 11.8 Å². The average Bonchev–Trinajstić information content (AvgIpc) is 3.30. The highest BCUT2D eigenvalue weighted by molar-refractivity contribution is 5.59. The van der Waals surface area contributed by atoms with Crippen molar-refractivity contribution < 1.29 is 22.7 Å². The van der Waals surface area contributed by atoms with Crippen molar-refractivity contribution in [1.29, 1.82) is 0 Å². The number of halogens is 3. The van der Waals surface area contributed by atoms with E-state index in [9.17, 15) is 13.2 Å². The quantitative estimate of drug-likeness (QED) is 0.871. The number of carbonyl (C=O) groups excluding carboxylic acids is 1. The van der Waals surface area contributed by atoms with Gasteiger partial charge in [0.25, 0.3) is 0 Å². The molecule has 2 rings (SSSR count). The van der Waals surface area contributed by atoms with Crippen LogP contribution in [-0.2, 0) is 11.2 Å². The van der Waals surface area contributed by atoms with Crippen molar-refractivity contribution in [3.05, 3.63) is 34.9 Å². The summed E-state index contributed by atoms with van der Waals surface area (Å²) in [6.45, 7) is 5.56. The summed E-state index contributed by atoms with van der Waals surface area (Å²) >= 11 is 0. The van der Waals surface area contributed by atoms with E-state index < -0.39 is 6.36 Å². The molecule has 0 aromatic heterocycles. The van der Waals surface area contributed by atoms with Gasteiger partial charge >= 0.3 is 6.36 Å². The van der Waals surface area contributed by atoms with E-state index in [1.165, 1.54) is 18.9 Å². The fourth-order valence-electron chi connectivity index (χ4n) is 2.22. The third-order valence-corrected chi connectivity index (χ3v) is 3.53. The highest BCUT2D eigenvalue weighted by atomic mass is 19.4. The maximum atomic E-state index is 12.5. The second kappa shape index (κ2) is 8.15. The smallest absolute Gasteiger partial charge is 0.405 e. The minimum atomic E-state index is -4.69. The predicted molar refractivity (Wildman–Crippen MR) is 84.0 cm³/mol. The van der Waals surface area contributed by atoms with Crippen molar-refractivity contribution in [2.75, 3.05) is 0 Å². The summed E-state index contributed by atoms with van der Waals surface area (Å²) in [5.41, 5.74) is 7.97. The third kappa shape index (κ3) is 6.06. The fourth-order valence-corrected chi connectivity index (χ4v) is 2.22. The Balaban J connectivity index is 0.00000127. The summed E-state index contributed by atoms with van der Waals surface area (Å²) in [4.78, 5) is 8.00. The molecule has 1 aliphatic carbocycles. The lowest BCUT2D eigenvalue weighted by Gasteiger charge is -2.18. The molecule has 0 radical (unpaired) electrons. The van der Waals surface area contributed by atoms with Crippen molar-refractivity contribution >= 4 is 12.9 Å². The zero-order valence-corrected chi connectivity index (χ0v) is 13.3. The van der Waals surface area contributed by atoms with Crippen LogP contribution in [0.5, 0.6) is 5.75 Å². The second-order valence-electron chi connectivity index (χ2n) is 5.48. The molecular formula is C17H22F3NO2. The highest BCUT2D eigenvalue weighted by Gasteiger charge is 2.32. The molecule has 0 unspecified atom stereocenters. The van der Waals surface area contributed by atoms with Crippen molar-refractivity contribution in [2.45, 2.75) is 45.5 Å². The molecule has 0 heterocycles. The van der Waals surface area contributed by atoms with Gasteiger partial charge in [0, 0.05) is 6.04 Å². The highest BCUT2D eigenvalue weighted by Crippen LogP contribution is 2.34. The molecule has 1 aromatic rings. The molecule has 1 saturated carbocycles. The van der Waals surface area contributed by atoms with Gasteiger partial charge in [-0.1, -0.05) is 19.1 Å². The molecule has 0 bridgehead atoms. The summed E-state index contributed by atoms with van der Waals surface area (Å²) in [5.74, 6) is 0.447. The topological polar surface area (TPSA) is 52.3 Å². The predicted octanol–water partition coefficient (Wildman–Crippen LogP) is 4.41. The van der Waals surface area contributed by atoms with Crippen molar-refractivity contribution in [2.24, 2.45) is 11.7 Å². The SMILES string of the molecule is C=O.CCc1cc(/C=C/C2CC2)c([C@H](C)N)cc1OC(F)(F)F. The van der Waals surface area contributed by atoms with Crippen molar-refractivity contribution in [3.63, 3.8) is 0 Å². The minimum Gasteiger partial charge on any atom is -0.405 e. The zero-order valence-electron chi connectivity index (χ0n) is 13.3. The minimum absolute atomic E-state index is 0.152. The van der Waals surface area contributed by atoms with Crippen LogP contribution in [0.4, 0.5) is 13.2 Å². The largest absolute Gasteiger partial charge is 0.573 e. The van der Waals surface area contributed by atoms with E-state index in [1.54, 1.807) is 19.9 Å². The van der Waals surface area contributed by atoms with Gasteiger partial charge in [0.15, 0.2) is 0 Å². The van der Waals surface area contributed by atoms with Crippen LogP contribution in [0.3, 0.4) is 0 Å². The zero-order chi connectivity index (χ0) is 17.6. The van der Waals surface area contributed by atoms with Crippen LogP contribution in [0.15, 0.2) is 18.2 Å². The lowest BCUT2D eigenvalue weighted by Crippen LogP contribution is -2.19. The van der Waals surface area contributed by atoms with Gasteiger partial charge in [0.2, 0.25) is 0 Å². The average molecular weight is 329 g/mol. The van der Waals surface area contributed by atoms with Crippen molar-refractivity contribution in [3.8, 4) is 5.75 Å². The fraction of sp³-hybridized carbons (Fsp3) is 0.471.